The molecule has 84 valence electrons. The molecular weight excluding hydrogens is 204 g/mol. The van der Waals surface area contributed by atoms with E-state index in [1.807, 2.05) is 6.92 Å². The van der Waals surface area contributed by atoms with Crippen LogP contribution in [0, 0.1) is 24.2 Å². The number of amides is 1. The van der Waals surface area contributed by atoms with Crippen molar-refractivity contribution in [2.24, 2.45) is 5.92 Å². The van der Waals surface area contributed by atoms with E-state index in [1.54, 1.807) is 11.0 Å². The van der Waals surface area contributed by atoms with E-state index in [9.17, 15) is 4.79 Å². The summed E-state index contributed by atoms with van der Waals surface area (Å²) in [6.07, 6.45) is 1.54. The maximum Gasteiger partial charge on any atom is 0.274 e. The van der Waals surface area contributed by atoms with Crippen LogP contribution >= 0.6 is 0 Å². The van der Waals surface area contributed by atoms with Crippen LogP contribution in [0.2, 0.25) is 0 Å². The molecule has 1 aromatic rings. The van der Waals surface area contributed by atoms with Crippen molar-refractivity contribution in [1.29, 1.82) is 5.26 Å². The summed E-state index contributed by atoms with van der Waals surface area (Å²) in [7, 11) is 0. The van der Waals surface area contributed by atoms with Crippen LogP contribution in [0.3, 0.4) is 0 Å². The van der Waals surface area contributed by atoms with Crippen molar-refractivity contribution < 1.29 is 4.79 Å². The predicted molar refractivity (Wildman–Crippen MR) is 57.6 cm³/mol. The molecule has 2 heterocycles. The quantitative estimate of drug-likeness (QED) is 0.767. The maximum absolute atomic E-state index is 12.0. The molecule has 0 aliphatic carbocycles. The lowest BCUT2D eigenvalue weighted by Gasteiger charge is -2.28. The second-order valence-corrected chi connectivity index (χ2v) is 4.13. The lowest BCUT2D eigenvalue weighted by molar-refractivity contribution is 0.0701. The number of carbonyl (C=O) groups is 1. The Kier molecular flexibility index (Phi) is 2.91. The molecule has 1 aromatic heterocycles. The number of H-pyrrole nitrogens is 1. The van der Waals surface area contributed by atoms with E-state index >= 15 is 0 Å². The average Bonchev–Trinajstić information content (AvgIpc) is 2.75. The van der Waals surface area contributed by atoms with Gasteiger partial charge in [0.2, 0.25) is 0 Å². The van der Waals surface area contributed by atoms with Gasteiger partial charge in [-0.25, -0.2) is 0 Å². The number of hydrogen-bond acceptors (Lipinski definition) is 3. The lowest BCUT2D eigenvalue weighted by Crippen LogP contribution is -2.38. The average molecular weight is 218 g/mol. The molecule has 5 nitrogen and oxygen atoms in total. The van der Waals surface area contributed by atoms with Crippen molar-refractivity contribution in [3.05, 3.63) is 17.5 Å². The molecule has 0 atom stereocenters. The largest absolute Gasteiger partial charge is 0.337 e. The van der Waals surface area contributed by atoms with Crippen LogP contribution in [0.15, 0.2) is 6.07 Å². The minimum atomic E-state index is -0.0410. The van der Waals surface area contributed by atoms with E-state index in [1.165, 1.54) is 0 Å². The molecule has 0 aromatic carbocycles. The molecule has 5 heteroatoms. The van der Waals surface area contributed by atoms with E-state index in [4.69, 9.17) is 5.26 Å². The second-order valence-electron chi connectivity index (χ2n) is 4.13. The number of likely N-dealkylation sites (tertiary alicyclic amines) is 1. The monoisotopic (exact) mass is 218 g/mol. The Hall–Kier alpha value is -1.83. The van der Waals surface area contributed by atoms with Gasteiger partial charge in [-0.2, -0.15) is 10.4 Å². The maximum atomic E-state index is 12.0. The second kappa shape index (κ2) is 4.35. The first-order valence-electron chi connectivity index (χ1n) is 5.41. The minimum Gasteiger partial charge on any atom is -0.337 e. The highest BCUT2D eigenvalue weighted by molar-refractivity contribution is 5.92. The lowest BCUT2D eigenvalue weighted by atomic mass is 9.98. The van der Waals surface area contributed by atoms with E-state index < -0.39 is 0 Å². The number of piperidine rings is 1. The first-order valence-corrected chi connectivity index (χ1v) is 5.41. The van der Waals surface area contributed by atoms with Gasteiger partial charge in [0.15, 0.2) is 0 Å². The van der Waals surface area contributed by atoms with Gasteiger partial charge in [0.05, 0.1) is 6.07 Å². The van der Waals surface area contributed by atoms with E-state index in [-0.39, 0.29) is 11.8 Å². The van der Waals surface area contributed by atoms with Gasteiger partial charge in [-0.05, 0) is 25.8 Å². The molecule has 1 fully saturated rings. The van der Waals surface area contributed by atoms with E-state index in [2.05, 4.69) is 16.3 Å². The Morgan fingerprint density at radius 2 is 2.31 bits per heavy atom. The van der Waals surface area contributed by atoms with Crippen molar-refractivity contribution in [2.75, 3.05) is 13.1 Å². The zero-order valence-electron chi connectivity index (χ0n) is 9.23. The smallest absolute Gasteiger partial charge is 0.274 e. The van der Waals surface area contributed by atoms with Crippen LogP contribution in [-0.2, 0) is 0 Å². The highest BCUT2D eigenvalue weighted by Gasteiger charge is 2.24. The number of nitriles is 1. The van der Waals surface area contributed by atoms with Gasteiger partial charge in [-0.15, -0.1) is 0 Å². The zero-order valence-corrected chi connectivity index (χ0v) is 9.23. The van der Waals surface area contributed by atoms with Gasteiger partial charge in [0.1, 0.15) is 5.69 Å². The Labute approximate surface area is 94.1 Å². The number of aromatic amines is 1. The third-order valence-electron chi connectivity index (χ3n) is 2.89. The molecule has 1 saturated heterocycles. The third-order valence-corrected chi connectivity index (χ3v) is 2.89. The molecule has 0 saturated carbocycles. The van der Waals surface area contributed by atoms with Crippen LogP contribution in [-0.4, -0.2) is 34.1 Å². The highest BCUT2D eigenvalue weighted by atomic mass is 16.2. The first-order chi connectivity index (χ1) is 7.70. The Balaban J connectivity index is 2.00. The molecular formula is C11H14N4O. The number of nitrogens with one attached hydrogen (secondary N) is 1. The number of rotatable bonds is 1. The first kappa shape index (κ1) is 10.7. The van der Waals surface area contributed by atoms with Crippen molar-refractivity contribution in [2.45, 2.75) is 19.8 Å². The molecule has 0 radical (unpaired) electrons. The molecule has 1 aliphatic heterocycles. The minimum absolute atomic E-state index is 0.0410. The molecule has 16 heavy (non-hydrogen) atoms. The molecule has 0 bridgehead atoms. The van der Waals surface area contributed by atoms with Crippen LogP contribution in [0.25, 0.3) is 0 Å². The standard InChI is InChI=1S/C11H14N4O/c1-8-6-10(14-13-8)11(16)15-4-2-9(7-12)3-5-15/h6,9H,2-5H2,1H3,(H,13,14). The summed E-state index contributed by atoms with van der Waals surface area (Å²) in [5, 5.41) is 15.5. The van der Waals surface area contributed by atoms with E-state index in [0.717, 1.165) is 18.5 Å². The molecule has 2 rings (SSSR count). The van der Waals surface area contributed by atoms with Crippen LogP contribution in [0.5, 0.6) is 0 Å². The van der Waals surface area contributed by atoms with Crippen molar-refractivity contribution in [3.8, 4) is 6.07 Å². The summed E-state index contributed by atoms with van der Waals surface area (Å²) in [5.41, 5.74) is 1.35. The third kappa shape index (κ3) is 2.06. The fourth-order valence-corrected chi connectivity index (χ4v) is 1.90. The summed E-state index contributed by atoms with van der Waals surface area (Å²) in [5.74, 6) is 0.0608. The summed E-state index contributed by atoms with van der Waals surface area (Å²) in [6.45, 7) is 3.18. The highest BCUT2D eigenvalue weighted by Crippen LogP contribution is 2.17. The van der Waals surface area contributed by atoms with Crippen LogP contribution in [0.4, 0.5) is 0 Å². The zero-order chi connectivity index (χ0) is 11.5. The SMILES string of the molecule is Cc1cc(C(=O)N2CCC(C#N)CC2)n[nH]1. The normalized spacial score (nSPS) is 17.1. The van der Waals surface area contributed by atoms with Crippen molar-refractivity contribution >= 4 is 5.91 Å². The van der Waals surface area contributed by atoms with Crippen LogP contribution < -0.4 is 0 Å². The number of aromatic nitrogens is 2. The fraction of sp³-hybridized carbons (Fsp3) is 0.545. The number of carbonyl (C=O) groups excluding carboxylic acids is 1. The Morgan fingerprint density at radius 1 is 1.62 bits per heavy atom. The number of hydrogen-bond donors (Lipinski definition) is 1. The number of nitrogens with zero attached hydrogens (tertiary/aromatic N) is 3. The Bertz CT molecular complexity index is 423. The van der Waals surface area contributed by atoms with Crippen molar-refractivity contribution in [1.82, 2.24) is 15.1 Å². The van der Waals surface area contributed by atoms with Gasteiger partial charge in [0.25, 0.3) is 5.91 Å². The fourth-order valence-electron chi connectivity index (χ4n) is 1.90. The molecule has 0 spiro atoms. The molecule has 1 amide bonds. The summed E-state index contributed by atoms with van der Waals surface area (Å²) < 4.78 is 0. The van der Waals surface area contributed by atoms with E-state index in [0.29, 0.717) is 18.8 Å². The Morgan fingerprint density at radius 3 is 2.81 bits per heavy atom. The van der Waals surface area contributed by atoms with Gasteiger partial charge in [0, 0.05) is 24.7 Å². The number of aryl methyl sites for hydroxylation is 1. The molecule has 0 unspecified atom stereocenters. The summed E-state index contributed by atoms with van der Waals surface area (Å²) in [6, 6.07) is 4.00. The van der Waals surface area contributed by atoms with Crippen molar-refractivity contribution in [3.63, 3.8) is 0 Å². The van der Waals surface area contributed by atoms with Gasteiger partial charge in [-0.1, -0.05) is 0 Å². The van der Waals surface area contributed by atoms with Gasteiger partial charge >= 0.3 is 0 Å². The van der Waals surface area contributed by atoms with Gasteiger partial charge < -0.3 is 4.90 Å². The summed E-state index contributed by atoms with van der Waals surface area (Å²) >= 11 is 0. The van der Waals surface area contributed by atoms with Gasteiger partial charge in [-0.3, -0.25) is 9.89 Å². The topological polar surface area (TPSA) is 72.8 Å². The molecule has 1 aliphatic rings. The van der Waals surface area contributed by atoms with Crippen LogP contribution in [0.1, 0.15) is 29.0 Å². The summed E-state index contributed by atoms with van der Waals surface area (Å²) in [4.78, 5) is 13.7. The predicted octanol–water partition coefficient (Wildman–Crippen LogP) is 1.09. The molecule has 1 N–H and O–H groups in total.